The third-order valence-corrected chi connectivity index (χ3v) is 7.00. The summed E-state index contributed by atoms with van der Waals surface area (Å²) in [7, 11) is 0. The number of anilines is 1. The van der Waals surface area contributed by atoms with Crippen molar-refractivity contribution < 1.29 is 0 Å². The lowest BCUT2D eigenvalue weighted by molar-refractivity contribution is 0.216. The molecule has 1 aliphatic carbocycles. The zero-order valence-corrected chi connectivity index (χ0v) is 15.2. The van der Waals surface area contributed by atoms with E-state index in [2.05, 4.69) is 9.80 Å². The van der Waals surface area contributed by atoms with E-state index >= 15 is 0 Å². The summed E-state index contributed by atoms with van der Waals surface area (Å²) in [5.41, 5.74) is 1.58. The lowest BCUT2D eigenvalue weighted by Crippen LogP contribution is -2.38. The first kappa shape index (κ1) is 15.1. The maximum absolute atomic E-state index is 5.08. The number of aryl methyl sites for hydroxylation is 2. The second-order valence-electron chi connectivity index (χ2n) is 7.53. The minimum Gasteiger partial charge on any atom is -0.356 e. The number of nitrogens with zero attached hydrogens (tertiary/aromatic N) is 4. The van der Waals surface area contributed by atoms with Crippen LogP contribution in [-0.4, -0.2) is 41.0 Å². The molecule has 0 radical (unpaired) electrons. The summed E-state index contributed by atoms with van der Waals surface area (Å²) in [5.74, 6) is 2.29. The standard InChI is InChI=1S/C19H26N4S/c1-4-9-22(10-5-1)13-16-20-18(23-11-6-12-23)17-14-7-2-3-8-15(14)24-19(17)21-16/h1-13H2. The van der Waals surface area contributed by atoms with Crippen LogP contribution in [0.1, 0.15) is 54.8 Å². The molecule has 0 unspecified atom stereocenters. The molecular formula is C19H26N4S. The number of likely N-dealkylation sites (tertiary alicyclic amines) is 1. The van der Waals surface area contributed by atoms with E-state index in [0.717, 1.165) is 12.4 Å². The second-order valence-corrected chi connectivity index (χ2v) is 8.62. The van der Waals surface area contributed by atoms with E-state index in [1.165, 1.54) is 93.6 Å². The molecule has 2 saturated heterocycles. The zero-order valence-electron chi connectivity index (χ0n) is 14.4. The van der Waals surface area contributed by atoms with Gasteiger partial charge < -0.3 is 4.90 Å². The molecule has 0 bridgehead atoms. The fraction of sp³-hybridized carbons (Fsp3) is 0.684. The molecular weight excluding hydrogens is 316 g/mol. The molecule has 4 nitrogen and oxygen atoms in total. The minimum atomic E-state index is 0.930. The Morgan fingerprint density at radius 3 is 2.46 bits per heavy atom. The largest absolute Gasteiger partial charge is 0.356 e. The average Bonchev–Trinajstić information content (AvgIpc) is 2.92. The van der Waals surface area contributed by atoms with Crippen molar-refractivity contribution in [3.8, 4) is 0 Å². The second kappa shape index (κ2) is 6.26. The highest BCUT2D eigenvalue weighted by Crippen LogP contribution is 2.40. The van der Waals surface area contributed by atoms with Crippen molar-refractivity contribution in [3.05, 3.63) is 16.3 Å². The average molecular weight is 343 g/mol. The zero-order chi connectivity index (χ0) is 15.9. The quantitative estimate of drug-likeness (QED) is 0.850. The Balaban J connectivity index is 1.56. The van der Waals surface area contributed by atoms with Gasteiger partial charge in [0.2, 0.25) is 0 Å². The first-order chi connectivity index (χ1) is 11.9. The van der Waals surface area contributed by atoms with E-state index in [0.29, 0.717) is 0 Å². The third-order valence-electron chi connectivity index (χ3n) is 5.81. The van der Waals surface area contributed by atoms with Gasteiger partial charge in [0.25, 0.3) is 0 Å². The number of aromatic nitrogens is 2. The molecule has 0 amide bonds. The van der Waals surface area contributed by atoms with Gasteiger partial charge in [0.1, 0.15) is 16.5 Å². The van der Waals surface area contributed by atoms with Crippen LogP contribution < -0.4 is 4.90 Å². The van der Waals surface area contributed by atoms with Crippen molar-refractivity contribution >= 4 is 27.4 Å². The number of rotatable bonds is 3. The molecule has 0 N–H and O–H groups in total. The summed E-state index contributed by atoms with van der Waals surface area (Å²) in [6.07, 6.45) is 10.5. The van der Waals surface area contributed by atoms with Crippen LogP contribution in [0, 0.1) is 0 Å². The molecule has 2 aromatic rings. The maximum atomic E-state index is 5.08. The van der Waals surface area contributed by atoms with Gasteiger partial charge in [-0.25, -0.2) is 9.97 Å². The summed E-state index contributed by atoms with van der Waals surface area (Å²) >= 11 is 1.95. The lowest BCUT2D eigenvalue weighted by Gasteiger charge is -2.33. The fourth-order valence-corrected chi connectivity index (χ4v) is 5.60. The third kappa shape index (κ3) is 2.62. The summed E-state index contributed by atoms with van der Waals surface area (Å²) in [6.45, 7) is 5.68. The Labute approximate surface area is 147 Å². The number of piperidine rings is 1. The van der Waals surface area contributed by atoms with Gasteiger partial charge in [0.05, 0.1) is 11.9 Å². The number of thiophene rings is 1. The van der Waals surface area contributed by atoms with Crippen LogP contribution in [0.3, 0.4) is 0 Å². The van der Waals surface area contributed by atoms with Crippen molar-refractivity contribution in [2.24, 2.45) is 0 Å². The highest BCUT2D eigenvalue weighted by Gasteiger charge is 2.26. The number of hydrogen-bond acceptors (Lipinski definition) is 5. The van der Waals surface area contributed by atoms with E-state index in [1.54, 1.807) is 10.4 Å². The van der Waals surface area contributed by atoms with Gasteiger partial charge in [0.15, 0.2) is 0 Å². The Morgan fingerprint density at radius 2 is 1.67 bits per heavy atom. The van der Waals surface area contributed by atoms with Crippen LogP contribution in [0.2, 0.25) is 0 Å². The molecule has 0 spiro atoms. The van der Waals surface area contributed by atoms with E-state index < -0.39 is 0 Å². The minimum absolute atomic E-state index is 0.930. The van der Waals surface area contributed by atoms with Gasteiger partial charge in [-0.15, -0.1) is 11.3 Å². The first-order valence-corrected chi connectivity index (χ1v) is 10.5. The van der Waals surface area contributed by atoms with Crippen molar-refractivity contribution in [3.63, 3.8) is 0 Å². The van der Waals surface area contributed by atoms with Crippen molar-refractivity contribution in [1.82, 2.24) is 14.9 Å². The molecule has 0 saturated carbocycles. The Morgan fingerprint density at radius 1 is 0.833 bits per heavy atom. The van der Waals surface area contributed by atoms with Gasteiger partial charge in [0, 0.05) is 18.0 Å². The molecule has 4 heterocycles. The topological polar surface area (TPSA) is 32.3 Å². The number of fused-ring (bicyclic) bond motifs is 3. The lowest BCUT2D eigenvalue weighted by atomic mass is 9.96. The Bertz CT molecular complexity index is 743. The van der Waals surface area contributed by atoms with Gasteiger partial charge in [-0.1, -0.05) is 6.42 Å². The van der Waals surface area contributed by atoms with E-state index in [1.807, 2.05) is 11.3 Å². The van der Waals surface area contributed by atoms with Gasteiger partial charge in [-0.3, -0.25) is 4.90 Å². The maximum Gasteiger partial charge on any atom is 0.146 e. The molecule has 2 aromatic heterocycles. The van der Waals surface area contributed by atoms with E-state index in [-0.39, 0.29) is 0 Å². The normalized spacial score (nSPS) is 21.8. The first-order valence-electron chi connectivity index (χ1n) is 9.67. The predicted molar refractivity (Wildman–Crippen MR) is 100 cm³/mol. The van der Waals surface area contributed by atoms with E-state index in [4.69, 9.17) is 9.97 Å². The molecule has 5 heteroatoms. The Kier molecular flexibility index (Phi) is 3.94. The molecule has 5 rings (SSSR count). The summed E-state index contributed by atoms with van der Waals surface area (Å²) < 4.78 is 0. The molecule has 3 aliphatic rings. The summed E-state index contributed by atoms with van der Waals surface area (Å²) in [5, 5.41) is 1.40. The number of hydrogen-bond donors (Lipinski definition) is 0. The molecule has 0 aromatic carbocycles. The van der Waals surface area contributed by atoms with E-state index in [9.17, 15) is 0 Å². The molecule has 2 fully saturated rings. The fourth-order valence-electron chi connectivity index (χ4n) is 4.33. The van der Waals surface area contributed by atoms with Crippen LogP contribution >= 0.6 is 11.3 Å². The van der Waals surface area contributed by atoms with Crippen molar-refractivity contribution in [1.29, 1.82) is 0 Å². The monoisotopic (exact) mass is 342 g/mol. The molecule has 0 atom stereocenters. The van der Waals surface area contributed by atoms with Crippen LogP contribution in [0.4, 0.5) is 5.82 Å². The molecule has 2 aliphatic heterocycles. The highest BCUT2D eigenvalue weighted by molar-refractivity contribution is 7.19. The van der Waals surface area contributed by atoms with Crippen molar-refractivity contribution in [2.75, 3.05) is 31.1 Å². The van der Waals surface area contributed by atoms with Gasteiger partial charge in [-0.2, -0.15) is 0 Å². The van der Waals surface area contributed by atoms with Gasteiger partial charge in [-0.05, 0) is 63.6 Å². The Hall–Kier alpha value is -1.20. The van der Waals surface area contributed by atoms with Crippen LogP contribution in [0.5, 0.6) is 0 Å². The SMILES string of the molecule is C1CCN(Cc2nc(N3CCC3)c3c4c(sc3n2)CCCC4)CC1. The van der Waals surface area contributed by atoms with Crippen LogP contribution in [-0.2, 0) is 19.4 Å². The van der Waals surface area contributed by atoms with Gasteiger partial charge >= 0.3 is 0 Å². The smallest absolute Gasteiger partial charge is 0.146 e. The summed E-state index contributed by atoms with van der Waals surface area (Å²) in [4.78, 5) is 18.0. The van der Waals surface area contributed by atoms with Crippen LogP contribution in [0.25, 0.3) is 10.2 Å². The highest BCUT2D eigenvalue weighted by atomic mass is 32.1. The predicted octanol–water partition coefficient (Wildman–Crippen LogP) is 3.77. The molecule has 24 heavy (non-hydrogen) atoms. The summed E-state index contributed by atoms with van der Waals surface area (Å²) in [6, 6.07) is 0. The van der Waals surface area contributed by atoms with Crippen LogP contribution in [0.15, 0.2) is 0 Å². The van der Waals surface area contributed by atoms with Crippen molar-refractivity contribution in [2.45, 2.75) is 57.9 Å². The molecule has 128 valence electrons.